The standard InChI is InChI=1S/C17H24N4O/c1-5-18-17(21-12(2)3)20-11-16-19-10-15(22-16)14-8-6-13(4)7-9-14/h6-10,12H,5,11H2,1-4H3,(H2,18,20,21). The lowest BCUT2D eigenvalue weighted by atomic mass is 10.1. The van der Waals surface area contributed by atoms with Crippen LogP contribution in [0.4, 0.5) is 0 Å². The fourth-order valence-corrected chi connectivity index (χ4v) is 1.97. The Morgan fingerprint density at radius 1 is 1.27 bits per heavy atom. The number of rotatable bonds is 5. The Morgan fingerprint density at radius 2 is 2.00 bits per heavy atom. The molecule has 0 saturated heterocycles. The average molecular weight is 300 g/mol. The maximum atomic E-state index is 5.77. The lowest BCUT2D eigenvalue weighted by Crippen LogP contribution is -2.41. The van der Waals surface area contributed by atoms with Crippen molar-refractivity contribution in [2.45, 2.75) is 40.3 Å². The molecule has 1 aromatic heterocycles. The maximum Gasteiger partial charge on any atom is 0.216 e. The van der Waals surface area contributed by atoms with Crippen molar-refractivity contribution in [3.63, 3.8) is 0 Å². The van der Waals surface area contributed by atoms with Gasteiger partial charge in [-0.2, -0.15) is 0 Å². The van der Waals surface area contributed by atoms with Crippen LogP contribution in [0.5, 0.6) is 0 Å². The first-order chi connectivity index (χ1) is 10.6. The van der Waals surface area contributed by atoms with Gasteiger partial charge in [-0.15, -0.1) is 0 Å². The van der Waals surface area contributed by atoms with E-state index in [-0.39, 0.29) is 0 Å². The highest BCUT2D eigenvalue weighted by Crippen LogP contribution is 2.20. The van der Waals surface area contributed by atoms with Crippen LogP contribution >= 0.6 is 0 Å². The summed E-state index contributed by atoms with van der Waals surface area (Å²) in [5, 5.41) is 6.46. The van der Waals surface area contributed by atoms with Crippen LogP contribution in [0.25, 0.3) is 11.3 Å². The third-order valence-electron chi connectivity index (χ3n) is 3.03. The van der Waals surface area contributed by atoms with Crippen LogP contribution in [0.3, 0.4) is 0 Å². The molecule has 2 N–H and O–H groups in total. The Labute approximate surface area is 131 Å². The van der Waals surface area contributed by atoms with E-state index in [2.05, 4.69) is 53.5 Å². The Hall–Kier alpha value is -2.30. The number of nitrogens with one attached hydrogen (secondary N) is 2. The summed E-state index contributed by atoms with van der Waals surface area (Å²) in [7, 11) is 0. The second-order valence-electron chi connectivity index (χ2n) is 5.48. The second kappa shape index (κ2) is 7.64. The van der Waals surface area contributed by atoms with Gasteiger partial charge in [0.2, 0.25) is 5.89 Å². The van der Waals surface area contributed by atoms with E-state index in [0.29, 0.717) is 18.5 Å². The summed E-state index contributed by atoms with van der Waals surface area (Å²) in [5.74, 6) is 2.15. The quantitative estimate of drug-likeness (QED) is 0.658. The monoisotopic (exact) mass is 300 g/mol. The van der Waals surface area contributed by atoms with Crippen molar-refractivity contribution >= 4 is 5.96 Å². The van der Waals surface area contributed by atoms with Gasteiger partial charge >= 0.3 is 0 Å². The largest absolute Gasteiger partial charge is 0.439 e. The van der Waals surface area contributed by atoms with Gasteiger partial charge in [-0.05, 0) is 27.7 Å². The van der Waals surface area contributed by atoms with Gasteiger partial charge in [0, 0.05) is 18.2 Å². The van der Waals surface area contributed by atoms with E-state index in [1.54, 1.807) is 6.20 Å². The molecule has 118 valence electrons. The molecular formula is C17H24N4O. The van der Waals surface area contributed by atoms with E-state index in [4.69, 9.17) is 4.42 Å². The zero-order valence-corrected chi connectivity index (χ0v) is 13.7. The SMILES string of the molecule is CCNC(=NCc1ncc(-c2ccc(C)cc2)o1)NC(C)C. The van der Waals surface area contributed by atoms with Gasteiger partial charge in [-0.1, -0.05) is 29.8 Å². The van der Waals surface area contributed by atoms with Crippen molar-refractivity contribution in [2.24, 2.45) is 4.99 Å². The summed E-state index contributed by atoms with van der Waals surface area (Å²) in [6, 6.07) is 8.52. The zero-order chi connectivity index (χ0) is 15.9. The van der Waals surface area contributed by atoms with Crippen molar-refractivity contribution < 1.29 is 4.42 Å². The third-order valence-corrected chi connectivity index (χ3v) is 3.03. The fourth-order valence-electron chi connectivity index (χ4n) is 1.97. The summed E-state index contributed by atoms with van der Waals surface area (Å²) in [5.41, 5.74) is 2.25. The number of aryl methyl sites for hydroxylation is 1. The number of oxazole rings is 1. The summed E-state index contributed by atoms with van der Waals surface area (Å²) < 4.78 is 5.77. The molecule has 2 rings (SSSR count). The summed E-state index contributed by atoms with van der Waals surface area (Å²) >= 11 is 0. The smallest absolute Gasteiger partial charge is 0.216 e. The Bertz CT molecular complexity index is 614. The number of hydrogen-bond acceptors (Lipinski definition) is 3. The molecule has 0 aliphatic heterocycles. The van der Waals surface area contributed by atoms with Crippen LogP contribution in [-0.2, 0) is 6.54 Å². The van der Waals surface area contributed by atoms with Crippen molar-refractivity contribution in [1.82, 2.24) is 15.6 Å². The third kappa shape index (κ3) is 4.62. The number of benzene rings is 1. The van der Waals surface area contributed by atoms with E-state index >= 15 is 0 Å². The normalized spacial score (nSPS) is 11.8. The predicted octanol–water partition coefficient (Wildman–Crippen LogP) is 3.11. The molecule has 1 heterocycles. The molecule has 2 aromatic rings. The molecule has 0 aliphatic carbocycles. The minimum Gasteiger partial charge on any atom is -0.439 e. The van der Waals surface area contributed by atoms with Gasteiger partial charge in [0.05, 0.1) is 6.20 Å². The number of guanidine groups is 1. The predicted molar refractivity (Wildman–Crippen MR) is 89.8 cm³/mol. The van der Waals surface area contributed by atoms with Crippen LogP contribution in [0.15, 0.2) is 39.9 Å². The molecule has 0 fully saturated rings. The highest BCUT2D eigenvalue weighted by Gasteiger charge is 2.06. The molecule has 0 spiro atoms. The number of hydrogen-bond donors (Lipinski definition) is 2. The Kier molecular flexibility index (Phi) is 5.58. The van der Waals surface area contributed by atoms with Crippen molar-refractivity contribution in [3.05, 3.63) is 41.9 Å². The summed E-state index contributed by atoms with van der Waals surface area (Å²) in [6.45, 7) is 9.49. The first-order valence-corrected chi connectivity index (χ1v) is 7.65. The summed E-state index contributed by atoms with van der Waals surface area (Å²) in [4.78, 5) is 8.78. The molecule has 0 aliphatic rings. The molecule has 0 bridgehead atoms. The van der Waals surface area contributed by atoms with Crippen molar-refractivity contribution in [3.8, 4) is 11.3 Å². The molecule has 1 aromatic carbocycles. The number of nitrogens with zero attached hydrogens (tertiary/aromatic N) is 2. The topological polar surface area (TPSA) is 62.5 Å². The molecule has 0 amide bonds. The summed E-state index contributed by atoms with van der Waals surface area (Å²) in [6.07, 6.45) is 1.75. The second-order valence-corrected chi connectivity index (χ2v) is 5.48. The Balaban J connectivity index is 2.06. The van der Waals surface area contributed by atoms with E-state index in [0.717, 1.165) is 23.8 Å². The molecule has 5 nitrogen and oxygen atoms in total. The lowest BCUT2D eigenvalue weighted by molar-refractivity contribution is 0.508. The van der Waals surface area contributed by atoms with Gasteiger partial charge in [0.25, 0.3) is 0 Å². The van der Waals surface area contributed by atoms with Gasteiger partial charge in [0.15, 0.2) is 11.7 Å². The molecule has 22 heavy (non-hydrogen) atoms. The van der Waals surface area contributed by atoms with Crippen LogP contribution in [0, 0.1) is 6.92 Å². The highest BCUT2D eigenvalue weighted by atomic mass is 16.4. The molecule has 0 unspecified atom stereocenters. The molecule has 5 heteroatoms. The zero-order valence-electron chi connectivity index (χ0n) is 13.7. The average Bonchev–Trinajstić information content (AvgIpc) is 2.94. The van der Waals surface area contributed by atoms with Crippen LogP contribution in [0.2, 0.25) is 0 Å². The maximum absolute atomic E-state index is 5.77. The molecule has 0 saturated carbocycles. The van der Waals surface area contributed by atoms with Gasteiger partial charge in [-0.25, -0.2) is 9.98 Å². The van der Waals surface area contributed by atoms with Gasteiger partial charge in [-0.3, -0.25) is 0 Å². The van der Waals surface area contributed by atoms with Crippen LogP contribution < -0.4 is 10.6 Å². The number of aromatic nitrogens is 1. The molecular weight excluding hydrogens is 276 g/mol. The Morgan fingerprint density at radius 3 is 2.64 bits per heavy atom. The first kappa shape index (κ1) is 16.1. The lowest BCUT2D eigenvalue weighted by Gasteiger charge is -2.13. The first-order valence-electron chi connectivity index (χ1n) is 7.65. The minimum absolute atomic E-state index is 0.325. The number of aliphatic imine (C=N–C) groups is 1. The van der Waals surface area contributed by atoms with E-state index < -0.39 is 0 Å². The van der Waals surface area contributed by atoms with E-state index in [1.165, 1.54) is 5.56 Å². The highest BCUT2D eigenvalue weighted by molar-refractivity contribution is 5.79. The molecule has 0 radical (unpaired) electrons. The van der Waals surface area contributed by atoms with Crippen LogP contribution in [-0.4, -0.2) is 23.5 Å². The van der Waals surface area contributed by atoms with Gasteiger partial charge < -0.3 is 15.1 Å². The van der Waals surface area contributed by atoms with Crippen molar-refractivity contribution in [1.29, 1.82) is 0 Å². The molecule has 0 atom stereocenters. The van der Waals surface area contributed by atoms with Gasteiger partial charge in [0.1, 0.15) is 6.54 Å². The van der Waals surface area contributed by atoms with Crippen LogP contribution in [0.1, 0.15) is 32.2 Å². The fraction of sp³-hybridized carbons (Fsp3) is 0.412. The minimum atomic E-state index is 0.325. The van der Waals surface area contributed by atoms with E-state index in [1.807, 2.05) is 19.1 Å². The van der Waals surface area contributed by atoms with E-state index in [9.17, 15) is 0 Å². The van der Waals surface area contributed by atoms with Crippen molar-refractivity contribution in [2.75, 3.05) is 6.54 Å².